The summed E-state index contributed by atoms with van der Waals surface area (Å²) in [5, 5.41) is 8.84. The molecule has 7 nitrogen and oxygen atoms in total. The molecular formula is C18H18O7. The first-order valence-corrected chi connectivity index (χ1v) is 7.15. The number of benzene rings is 2. The highest BCUT2D eigenvalue weighted by Gasteiger charge is 2.12. The third-order valence-corrected chi connectivity index (χ3v) is 3.12. The van der Waals surface area contributed by atoms with Gasteiger partial charge in [-0.2, -0.15) is 9.59 Å². The largest absolute Gasteiger partial charge is 0.493 e. The summed E-state index contributed by atoms with van der Waals surface area (Å²) in [5.41, 5.74) is 1.71. The molecule has 1 N–H and O–H groups in total. The molecule has 0 spiro atoms. The van der Waals surface area contributed by atoms with Crippen molar-refractivity contribution in [1.29, 1.82) is 0 Å². The number of carboxylic acids is 1. The van der Waals surface area contributed by atoms with Gasteiger partial charge in [0.1, 0.15) is 0 Å². The SMILES string of the molecule is COc1cc(C)ccc1Oc1ccc(CC(=O)O)cc1OC.O=C=O. The van der Waals surface area contributed by atoms with Crippen molar-refractivity contribution in [1.82, 2.24) is 0 Å². The van der Waals surface area contributed by atoms with Crippen LogP contribution >= 0.6 is 0 Å². The van der Waals surface area contributed by atoms with Crippen LogP contribution < -0.4 is 14.2 Å². The molecule has 25 heavy (non-hydrogen) atoms. The summed E-state index contributed by atoms with van der Waals surface area (Å²) >= 11 is 0. The second-order valence-electron chi connectivity index (χ2n) is 4.90. The lowest BCUT2D eigenvalue weighted by Crippen LogP contribution is -2.01. The number of aryl methyl sites for hydroxylation is 1. The minimum atomic E-state index is -0.893. The Kier molecular flexibility index (Phi) is 7.69. The molecule has 7 heteroatoms. The van der Waals surface area contributed by atoms with Gasteiger partial charge in [0.05, 0.1) is 20.6 Å². The average Bonchev–Trinajstić information content (AvgIpc) is 2.57. The lowest BCUT2D eigenvalue weighted by atomic mass is 10.1. The van der Waals surface area contributed by atoms with Gasteiger partial charge >= 0.3 is 12.1 Å². The summed E-state index contributed by atoms with van der Waals surface area (Å²) in [6.45, 7) is 1.97. The van der Waals surface area contributed by atoms with Gasteiger partial charge in [-0.15, -0.1) is 0 Å². The van der Waals surface area contributed by atoms with Crippen LogP contribution in [0.4, 0.5) is 0 Å². The molecule has 0 heterocycles. The molecule has 0 saturated carbocycles. The van der Waals surface area contributed by atoms with Crippen LogP contribution in [0, 0.1) is 6.92 Å². The minimum absolute atomic E-state index is 0.0650. The molecule has 0 atom stereocenters. The number of carbonyl (C=O) groups excluding carboxylic acids is 2. The fourth-order valence-corrected chi connectivity index (χ4v) is 2.06. The Bertz CT molecular complexity index is 762. The highest BCUT2D eigenvalue weighted by Crippen LogP contribution is 2.37. The predicted octanol–water partition coefficient (Wildman–Crippen LogP) is 2.85. The van der Waals surface area contributed by atoms with Crippen molar-refractivity contribution >= 4 is 12.1 Å². The van der Waals surface area contributed by atoms with Gasteiger partial charge in [-0.1, -0.05) is 12.1 Å². The molecule has 0 aliphatic heterocycles. The van der Waals surface area contributed by atoms with Crippen molar-refractivity contribution in [3.8, 4) is 23.0 Å². The van der Waals surface area contributed by atoms with Crippen LogP contribution in [-0.4, -0.2) is 31.4 Å². The van der Waals surface area contributed by atoms with Crippen molar-refractivity contribution in [3.63, 3.8) is 0 Å². The zero-order valence-corrected chi connectivity index (χ0v) is 14.1. The van der Waals surface area contributed by atoms with Crippen LogP contribution in [0.1, 0.15) is 11.1 Å². The van der Waals surface area contributed by atoms with Crippen LogP contribution in [0.2, 0.25) is 0 Å². The van der Waals surface area contributed by atoms with Gasteiger partial charge in [0.25, 0.3) is 0 Å². The van der Waals surface area contributed by atoms with Crippen LogP contribution in [0.3, 0.4) is 0 Å². The van der Waals surface area contributed by atoms with Crippen LogP contribution in [0.5, 0.6) is 23.0 Å². The van der Waals surface area contributed by atoms with Gasteiger partial charge in [-0.25, -0.2) is 0 Å². The van der Waals surface area contributed by atoms with Gasteiger partial charge < -0.3 is 19.3 Å². The van der Waals surface area contributed by atoms with E-state index in [1.165, 1.54) is 7.11 Å². The molecule has 0 bridgehead atoms. The summed E-state index contributed by atoms with van der Waals surface area (Å²) in [5.74, 6) is 1.27. The summed E-state index contributed by atoms with van der Waals surface area (Å²) in [4.78, 5) is 27.0. The molecule has 0 saturated heterocycles. The first kappa shape index (κ1) is 19.7. The number of carbonyl (C=O) groups is 1. The summed E-state index contributed by atoms with van der Waals surface area (Å²) < 4.78 is 16.4. The first-order valence-electron chi connectivity index (χ1n) is 7.15. The van der Waals surface area contributed by atoms with Crippen molar-refractivity contribution < 1.29 is 33.7 Å². The lowest BCUT2D eigenvalue weighted by molar-refractivity contribution is -0.191. The summed E-state index contributed by atoms with van der Waals surface area (Å²) in [7, 11) is 3.09. The van der Waals surface area contributed by atoms with Gasteiger partial charge in [0, 0.05) is 0 Å². The number of aliphatic carboxylic acids is 1. The molecular weight excluding hydrogens is 328 g/mol. The highest BCUT2D eigenvalue weighted by atomic mass is 16.5. The Morgan fingerprint density at radius 2 is 1.48 bits per heavy atom. The van der Waals surface area contributed by atoms with Crippen LogP contribution in [0.25, 0.3) is 0 Å². The van der Waals surface area contributed by atoms with Crippen molar-refractivity contribution in [2.45, 2.75) is 13.3 Å². The molecule has 0 fully saturated rings. The number of hydrogen-bond donors (Lipinski definition) is 1. The maximum atomic E-state index is 10.8. The third-order valence-electron chi connectivity index (χ3n) is 3.12. The van der Waals surface area contributed by atoms with E-state index >= 15 is 0 Å². The van der Waals surface area contributed by atoms with Crippen LogP contribution in [0.15, 0.2) is 36.4 Å². The Morgan fingerprint density at radius 3 is 2.00 bits per heavy atom. The zero-order valence-electron chi connectivity index (χ0n) is 14.1. The smallest absolute Gasteiger partial charge is 0.373 e. The molecule has 2 rings (SSSR count). The molecule has 2 aromatic rings. The number of carboxylic acid groups (broad SMARTS) is 1. The molecule has 0 radical (unpaired) electrons. The van der Waals surface area contributed by atoms with Crippen molar-refractivity contribution in [3.05, 3.63) is 47.5 Å². The fourth-order valence-electron chi connectivity index (χ4n) is 2.06. The fraction of sp³-hybridized carbons (Fsp3) is 0.222. The molecule has 0 amide bonds. The van der Waals surface area contributed by atoms with E-state index in [4.69, 9.17) is 28.9 Å². The van der Waals surface area contributed by atoms with Gasteiger partial charge in [0.15, 0.2) is 23.0 Å². The summed E-state index contributed by atoms with van der Waals surface area (Å²) in [6, 6.07) is 10.7. The summed E-state index contributed by atoms with van der Waals surface area (Å²) in [6.07, 6.45) is 0.185. The normalized spacial score (nSPS) is 9.24. The van der Waals surface area contributed by atoms with E-state index in [0.717, 1.165) is 5.56 Å². The van der Waals surface area contributed by atoms with Crippen molar-refractivity contribution in [2.75, 3.05) is 14.2 Å². The molecule has 2 aromatic carbocycles. The number of rotatable bonds is 6. The topological polar surface area (TPSA) is 99.1 Å². The molecule has 0 unspecified atom stereocenters. The standard InChI is InChI=1S/C17H18O5.CO2/c1-11-4-6-13(15(8-11)20-2)22-14-7-5-12(10-17(18)19)9-16(14)21-3;2-1-3/h4-9H,10H2,1-3H3,(H,18,19);. The molecule has 0 aromatic heterocycles. The second kappa shape index (κ2) is 9.75. The number of hydrogen-bond acceptors (Lipinski definition) is 6. The van der Waals surface area contributed by atoms with Gasteiger partial charge in [0.2, 0.25) is 0 Å². The van der Waals surface area contributed by atoms with E-state index in [1.807, 2.05) is 25.1 Å². The predicted molar refractivity (Wildman–Crippen MR) is 87.1 cm³/mol. The Balaban J connectivity index is 0.000000970. The average molecular weight is 346 g/mol. The minimum Gasteiger partial charge on any atom is -0.493 e. The van der Waals surface area contributed by atoms with Gasteiger partial charge in [-0.3, -0.25) is 4.79 Å². The maximum Gasteiger partial charge on any atom is 0.373 e. The van der Waals surface area contributed by atoms with E-state index in [0.29, 0.717) is 28.6 Å². The first-order chi connectivity index (χ1) is 11.9. The monoisotopic (exact) mass is 346 g/mol. The number of ether oxygens (including phenoxy) is 3. The Morgan fingerprint density at radius 1 is 0.960 bits per heavy atom. The molecule has 132 valence electrons. The van der Waals surface area contributed by atoms with E-state index in [9.17, 15) is 4.79 Å². The second-order valence-corrected chi connectivity index (χ2v) is 4.90. The molecule has 0 aliphatic carbocycles. The Hall–Kier alpha value is -3.31. The van der Waals surface area contributed by atoms with E-state index in [-0.39, 0.29) is 12.6 Å². The van der Waals surface area contributed by atoms with Crippen LogP contribution in [-0.2, 0) is 20.8 Å². The van der Waals surface area contributed by atoms with Crippen molar-refractivity contribution in [2.24, 2.45) is 0 Å². The van der Waals surface area contributed by atoms with Gasteiger partial charge in [-0.05, 0) is 42.3 Å². The van der Waals surface area contributed by atoms with E-state index in [2.05, 4.69) is 0 Å². The van der Waals surface area contributed by atoms with E-state index in [1.54, 1.807) is 25.3 Å². The third kappa shape index (κ3) is 6.01. The molecule has 0 aliphatic rings. The van der Waals surface area contributed by atoms with E-state index < -0.39 is 5.97 Å². The quantitative estimate of drug-likeness (QED) is 0.858. The lowest BCUT2D eigenvalue weighted by Gasteiger charge is -2.14. The zero-order chi connectivity index (χ0) is 18.8. The Labute approximate surface area is 144 Å². The highest BCUT2D eigenvalue weighted by molar-refractivity contribution is 5.70. The number of methoxy groups -OCH3 is 2. The maximum absolute atomic E-state index is 10.8.